The van der Waals surface area contributed by atoms with Crippen molar-refractivity contribution in [2.24, 2.45) is 17.6 Å². The van der Waals surface area contributed by atoms with E-state index >= 15 is 0 Å². The van der Waals surface area contributed by atoms with Gasteiger partial charge in [0.15, 0.2) is 0 Å². The van der Waals surface area contributed by atoms with E-state index in [2.05, 4.69) is 6.92 Å². The summed E-state index contributed by atoms with van der Waals surface area (Å²) < 4.78 is 5.34. The van der Waals surface area contributed by atoms with E-state index in [1.165, 1.54) is 0 Å². The number of carbonyl (C=O) groups is 1. The van der Waals surface area contributed by atoms with Crippen molar-refractivity contribution in [3.8, 4) is 0 Å². The molecule has 0 bridgehead atoms. The number of hydrogen-bond acceptors (Lipinski definition) is 3. The quantitative estimate of drug-likeness (QED) is 0.810. The summed E-state index contributed by atoms with van der Waals surface area (Å²) in [6.07, 6.45) is 5.54. The zero-order valence-electron chi connectivity index (χ0n) is 11.6. The Morgan fingerprint density at radius 2 is 1.89 bits per heavy atom. The van der Waals surface area contributed by atoms with Gasteiger partial charge >= 0.3 is 0 Å². The van der Waals surface area contributed by atoms with Crippen LogP contribution >= 0.6 is 0 Å². The van der Waals surface area contributed by atoms with Gasteiger partial charge in [-0.05, 0) is 31.6 Å². The topological polar surface area (TPSA) is 55.6 Å². The Labute approximate surface area is 110 Å². The number of piperidine rings is 1. The fourth-order valence-corrected chi connectivity index (χ4v) is 3.41. The lowest BCUT2D eigenvalue weighted by Gasteiger charge is -2.39. The number of ether oxygens (including phenoxy) is 1. The molecule has 2 fully saturated rings. The van der Waals surface area contributed by atoms with Crippen molar-refractivity contribution in [1.82, 2.24) is 4.90 Å². The predicted molar refractivity (Wildman–Crippen MR) is 71.1 cm³/mol. The third-order valence-electron chi connectivity index (χ3n) is 4.64. The molecule has 4 heteroatoms. The molecule has 1 saturated heterocycles. The van der Waals surface area contributed by atoms with Crippen LogP contribution in [-0.4, -0.2) is 43.2 Å². The average molecular weight is 254 g/mol. The molecule has 1 saturated carbocycles. The minimum Gasteiger partial charge on any atom is -0.381 e. The first-order valence-electron chi connectivity index (χ1n) is 7.20. The summed E-state index contributed by atoms with van der Waals surface area (Å²) in [4.78, 5) is 14.6. The van der Waals surface area contributed by atoms with Crippen LogP contribution in [0.2, 0.25) is 0 Å². The van der Waals surface area contributed by atoms with Crippen LogP contribution in [0, 0.1) is 11.8 Å². The largest absolute Gasteiger partial charge is 0.381 e. The van der Waals surface area contributed by atoms with Gasteiger partial charge < -0.3 is 15.4 Å². The predicted octanol–water partition coefficient (Wildman–Crippen LogP) is 1.39. The first kappa shape index (κ1) is 13.8. The van der Waals surface area contributed by atoms with Crippen LogP contribution in [0.25, 0.3) is 0 Å². The molecule has 3 atom stereocenters. The monoisotopic (exact) mass is 254 g/mol. The van der Waals surface area contributed by atoms with Gasteiger partial charge in [-0.15, -0.1) is 0 Å². The van der Waals surface area contributed by atoms with E-state index in [-0.39, 0.29) is 17.9 Å². The van der Waals surface area contributed by atoms with Crippen molar-refractivity contribution < 1.29 is 9.53 Å². The fraction of sp³-hybridized carbons (Fsp3) is 0.929. The second kappa shape index (κ2) is 6.02. The maximum atomic E-state index is 12.6. The fourth-order valence-electron chi connectivity index (χ4n) is 3.41. The van der Waals surface area contributed by atoms with Gasteiger partial charge in [-0.1, -0.05) is 13.3 Å². The maximum absolute atomic E-state index is 12.6. The molecule has 104 valence electrons. The lowest BCUT2D eigenvalue weighted by Crippen LogP contribution is -2.51. The molecule has 18 heavy (non-hydrogen) atoms. The standard InChI is InChI=1S/C14H26N2O2/c1-10-4-3-5-12(15)13(10)14(17)16-8-6-11(18-2)7-9-16/h10-13H,3-9,15H2,1-2H3. The van der Waals surface area contributed by atoms with Gasteiger partial charge in [-0.25, -0.2) is 0 Å². The highest BCUT2D eigenvalue weighted by molar-refractivity contribution is 5.80. The second-order valence-electron chi connectivity index (χ2n) is 5.86. The molecule has 3 unspecified atom stereocenters. The Bertz CT molecular complexity index is 278. The lowest BCUT2D eigenvalue weighted by molar-refractivity contribution is -0.141. The third kappa shape index (κ3) is 2.86. The van der Waals surface area contributed by atoms with Gasteiger partial charge in [0.2, 0.25) is 5.91 Å². The lowest BCUT2D eigenvalue weighted by atomic mass is 9.76. The number of nitrogens with two attached hydrogens (primary N) is 1. The van der Waals surface area contributed by atoms with Crippen molar-refractivity contribution >= 4 is 5.91 Å². The van der Waals surface area contributed by atoms with E-state index in [4.69, 9.17) is 10.5 Å². The van der Waals surface area contributed by atoms with E-state index in [1.54, 1.807) is 7.11 Å². The third-order valence-corrected chi connectivity index (χ3v) is 4.64. The van der Waals surface area contributed by atoms with Crippen LogP contribution < -0.4 is 5.73 Å². The minimum atomic E-state index is 0.0397. The molecule has 0 aromatic carbocycles. The van der Waals surface area contributed by atoms with Crippen molar-refractivity contribution in [2.75, 3.05) is 20.2 Å². The minimum absolute atomic E-state index is 0.0397. The summed E-state index contributed by atoms with van der Waals surface area (Å²) in [6, 6.07) is 0.0569. The molecule has 0 radical (unpaired) electrons. The summed E-state index contributed by atoms with van der Waals surface area (Å²) >= 11 is 0. The van der Waals surface area contributed by atoms with Crippen LogP contribution in [0.15, 0.2) is 0 Å². The van der Waals surface area contributed by atoms with Gasteiger partial charge in [0, 0.05) is 26.2 Å². The van der Waals surface area contributed by atoms with Crippen LogP contribution in [0.5, 0.6) is 0 Å². The Balaban J connectivity index is 1.94. The van der Waals surface area contributed by atoms with E-state index in [9.17, 15) is 4.79 Å². The second-order valence-corrected chi connectivity index (χ2v) is 5.86. The summed E-state index contributed by atoms with van der Waals surface area (Å²) in [5.41, 5.74) is 6.16. The van der Waals surface area contributed by atoms with Crippen molar-refractivity contribution in [3.63, 3.8) is 0 Å². The van der Waals surface area contributed by atoms with Gasteiger partial charge in [-0.2, -0.15) is 0 Å². The van der Waals surface area contributed by atoms with Crippen molar-refractivity contribution in [2.45, 2.75) is 51.2 Å². The average Bonchev–Trinajstić information content (AvgIpc) is 2.38. The molecular weight excluding hydrogens is 228 g/mol. The highest BCUT2D eigenvalue weighted by Gasteiger charge is 2.37. The number of amides is 1. The molecule has 0 aromatic heterocycles. The van der Waals surface area contributed by atoms with E-state index in [0.29, 0.717) is 12.0 Å². The Morgan fingerprint density at radius 3 is 2.44 bits per heavy atom. The van der Waals surface area contributed by atoms with Crippen LogP contribution in [0.4, 0.5) is 0 Å². The number of rotatable bonds is 2. The highest BCUT2D eigenvalue weighted by atomic mass is 16.5. The number of carbonyl (C=O) groups excluding carboxylic acids is 1. The summed E-state index contributed by atoms with van der Waals surface area (Å²) in [7, 11) is 1.75. The Hall–Kier alpha value is -0.610. The molecule has 2 aliphatic rings. The molecule has 2 N–H and O–H groups in total. The van der Waals surface area contributed by atoms with Crippen molar-refractivity contribution in [3.05, 3.63) is 0 Å². The molecule has 1 amide bonds. The maximum Gasteiger partial charge on any atom is 0.227 e. The van der Waals surface area contributed by atoms with Crippen LogP contribution in [0.1, 0.15) is 39.0 Å². The van der Waals surface area contributed by atoms with Gasteiger partial charge in [-0.3, -0.25) is 4.79 Å². The van der Waals surface area contributed by atoms with Gasteiger partial charge in [0.25, 0.3) is 0 Å². The molecule has 0 spiro atoms. The molecule has 1 aliphatic carbocycles. The molecule has 2 rings (SSSR count). The highest BCUT2D eigenvalue weighted by Crippen LogP contribution is 2.31. The first-order chi connectivity index (χ1) is 8.63. The first-order valence-corrected chi connectivity index (χ1v) is 7.20. The number of likely N-dealkylation sites (tertiary alicyclic amines) is 1. The molecule has 4 nitrogen and oxygen atoms in total. The molecule has 0 aromatic rings. The SMILES string of the molecule is COC1CCN(C(=O)C2C(C)CCCC2N)CC1. The van der Waals surface area contributed by atoms with E-state index < -0.39 is 0 Å². The Kier molecular flexibility index (Phi) is 4.62. The number of hydrogen-bond donors (Lipinski definition) is 1. The van der Waals surface area contributed by atoms with Crippen LogP contribution in [-0.2, 0) is 9.53 Å². The van der Waals surface area contributed by atoms with Gasteiger partial charge in [0.05, 0.1) is 12.0 Å². The molecular formula is C14H26N2O2. The summed E-state index contributed by atoms with van der Waals surface area (Å²) in [5.74, 6) is 0.753. The zero-order chi connectivity index (χ0) is 13.1. The number of nitrogens with zero attached hydrogens (tertiary/aromatic N) is 1. The molecule has 1 aliphatic heterocycles. The van der Waals surface area contributed by atoms with E-state index in [0.717, 1.165) is 45.2 Å². The summed E-state index contributed by atoms with van der Waals surface area (Å²) in [5, 5.41) is 0. The molecule has 1 heterocycles. The van der Waals surface area contributed by atoms with E-state index in [1.807, 2.05) is 4.90 Å². The smallest absolute Gasteiger partial charge is 0.227 e. The Morgan fingerprint density at radius 1 is 1.22 bits per heavy atom. The zero-order valence-corrected chi connectivity index (χ0v) is 11.6. The van der Waals surface area contributed by atoms with Gasteiger partial charge in [0.1, 0.15) is 0 Å². The van der Waals surface area contributed by atoms with Crippen LogP contribution in [0.3, 0.4) is 0 Å². The van der Waals surface area contributed by atoms with Crippen molar-refractivity contribution in [1.29, 1.82) is 0 Å². The summed E-state index contributed by atoms with van der Waals surface area (Å²) in [6.45, 7) is 3.82. The normalized spacial score (nSPS) is 34.6. The number of methoxy groups -OCH3 is 1.